The number of nitrogens with zero attached hydrogens (tertiary/aromatic N) is 1. The van der Waals surface area contributed by atoms with Crippen LogP contribution in [0, 0.1) is 6.92 Å². The third-order valence-electron chi connectivity index (χ3n) is 5.45. The number of aromatic nitrogens is 2. The van der Waals surface area contributed by atoms with Gasteiger partial charge in [0.1, 0.15) is 11.7 Å². The summed E-state index contributed by atoms with van der Waals surface area (Å²) in [5, 5.41) is 0. The molecule has 1 aromatic heterocycles. The van der Waals surface area contributed by atoms with E-state index in [9.17, 15) is 14.4 Å². The van der Waals surface area contributed by atoms with Gasteiger partial charge in [-0.3, -0.25) is 19.1 Å². The van der Waals surface area contributed by atoms with Crippen molar-refractivity contribution in [1.82, 2.24) is 9.55 Å². The number of ether oxygens (including phenoxy) is 4. The standard InChI is InChI=1S/C23H36N2O7/c1-6-9-12-29-15-23(11-8-3)19(30-13-10-7-2)18(31-17(5)26)21(32-23)25-14-16(4)20(27)24-22(25)28/h8,14,18-19,21H,3,6-7,9-13,15H2,1-2,4-5H3,(H,24,27,28)/t18-,19?,21+,23+/m0/s1. The number of esters is 1. The van der Waals surface area contributed by atoms with Gasteiger partial charge in [0, 0.05) is 31.9 Å². The fraction of sp³-hybridized carbons (Fsp3) is 0.696. The lowest BCUT2D eigenvalue weighted by atomic mass is 9.91. The molecular weight excluding hydrogens is 416 g/mol. The fourth-order valence-corrected chi connectivity index (χ4v) is 3.80. The number of hydrogen-bond acceptors (Lipinski definition) is 7. The summed E-state index contributed by atoms with van der Waals surface area (Å²) >= 11 is 0. The monoisotopic (exact) mass is 452 g/mol. The van der Waals surface area contributed by atoms with Gasteiger partial charge in [0.05, 0.1) is 6.61 Å². The number of hydrogen-bond donors (Lipinski definition) is 1. The van der Waals surface area contributed by atoms with E-state index in [4.69, 9.17) is 18.9 Å². The van der Waals surface area contributed by atoms with E-state index in [0.29, 0.717) is 25.2 Å². The minimum absolute atomic E-state index is 0.182. The largest absolute Gasteiger partial charge is 0.455 e. The molecule has 0 saturated carbocycles. The van der Waals surface area contributed by atoms with Crippen LogP contribution in [0.15, 0.2) is 28.4 Å². The summed E-state index contributed by atoms with van der Waals surface area (Å²) in [6.07, 6.45) is 4.48. The van der Waals surface area contributed by atoms with E-state index in [2.05, 4.69) is 18.5 Å². The third kappa shape index (κ3) is 6.17. The molecule has 0 aliphatic carbocycles. The summed E-state index contributed by atoms with van der Waals surface area (Å²) in [7, 11) is 0. The Labute approximate surface area is 188 Å². The van der Waals surface area contributed by atoms with Gasteiger partial charge in [0.15, 0.2) is 12.3 Å². The van der Waals surface area contributed by atoms with E-state index in [1.54, 1.807) is 13.0 Å². The van der Waals surface area contributed by atoms with Gasteiger partial charge in [0.25, 0.3) is 5.56 Å². The van der Waals surface area contributed by atoms with Crippen molar-refractivity contribution in [3.8, 4) is 0 Å². The second-order valence-electron chi connectivity index (χ2n) is 8.17. The predicted octanol–water partition coefficient (Wildman–Crippen LogP) is 2.62. The van der Waals surface area contributed by atoms with Crippen molar-refractivity contribution in [3.63, 3.8) is 0 Å². The van der Waals surface area contributed by atoms with Gasteiger partial charge in [-0.25, -0.2) is 4.79 Å². The van der Waals surface area contributed by atoms with Gasteiger partial charge in [0.2, 0.25) is 0 Å². The first-order valence-corrected chi connectivity index (χ1v) is 11.3. The quantitative estimate of drug-likeness (QED) is 0.278. The SMILES string of the molecule is C=CC[C@]1(COCCCC)O[C@@H](n2cc(C)c(=O)[nH]c2=O)[C@@H](OC(C)=O)C1OCCCC. The van der Waals surface area contributed by atoms with Crippen molar-refractivity contribution in [3.05, 3.63) is 45.3 Å². The minimum Gasteiger partial charge on any atom is -0.455 e. The highest BCUT2D eigenvalue weighted by molar-refractivity contribution is 5.66. The molecule has 1 N–H and O–H groups in total. The summed E-state index contributed by atoms with van der Waals surface area (Å²) in [6, 6.07) is 0. The first kappa shape index (κ1) is 26.0. The predicted molar refractivity (Wildman–Crippen MR) is 120 cm³/mol. The number of carbonyl (C=O) groups is 1. The molecule has 0 bridgehead atoms. The van der Waals surface area contributed by atoms with Crippen molar-refractivity contribution in [2.75, 3.05) is 19.8 Å². The lowest BCUT2D eigenvalue weighted by Crippen LogP contribution is -2.49. The van der Waals surface area contributed by atoms with E-state index in [0.717, 1.165) is 25.7 Å². The maximum atomic E-state index is 12.6. The normalized spacial score (nSPS) is 25.1. The molecule has 9 heteroatoms. The van der Waals surface area contributed by atoms with Crippen LogP contribution in [0.5, 0.6) is 0 Å². The Balaban J connectivity index is 2.53. The van der Waals surface area contributed by atoms with Gasteiger partial charge in [-0.15, -0.1) is 6.58 Å². The Morgan fingerprint density at radius 2 is 1.97 bits per heavy atom. The Kier molecular flexibility index (Phi) is 9.86. The average Bonchev–Trinajstić information content (AvgIpc) is 3.01. The molecule has 1 unspecified atom stereocenters. The Morgan fingerprint density at radius 1 is 1.28 bits per heavy atom. The zero-order chi connectivity index (χ0) is 23.7. The molecule has 1 aliphatic rings. The van der Waals surface area contributed by atoms with Gasteiger partial charge >= 0.3 is 11.7 Å². The molecule has 1 aliphatic heterocycles. The van der Waals surface area contributed by atoms with Crippen molar-refractivity contribution >= 4 is 5.97 Å². The molecule has 4 atom stereocenters. The topological polar surface area (TPSA) is 109 Å². The molecule has 0 amide bonds. The number of aryl methyl sites for hydroxylation is 1. The van der Waals surface area contributed by atoms with Crippen LogP contribution in [0.25, 0.3) is 0 Å². The van der Waals surface area contributed by atoms with Crippen LogP contribution < -0.4 is 11.2 Å². The van der Waals surface area contributed by atoms with Crippen LogP contribution in [-0.4, -0.2) is 53.2 Å². The second kappa shape index (κ2) is 12.1. The van der Waals surface area contributed by atoms with E-state index < -0.39 is 41.3 Å². The van der Waals surface area contributed by atoms with Gasteiger partial charge in [-0.1, -0.05) is 32.8 Å². The molecule has 0 radical (unpaired) electrons. The summed E-state index contributed by atoms with van der Waals surface area (Å²) in [5.41, 5.74) is -1.82. The zero-order valence-corrected chi connectivity index (χ0v) is 19.6. The first-order valence-electron chi connectivity index (χ1n) is 11.3. The van der Waals surface area contributed by atoms with Gasteiger partial charge < -0.3 is 18.9 Å². The van der Waals surface area contributed by atoms with Crippen LogP contribution >= 0.6 is 0 Å². The Morgan fingerprint density at radius 3 is 2.59 bits per heavy atom. The summed E-state index contributed by atoms with van der Waals surface area (Å²) in [4.78, 5) is 38.8. The van der Waals surface area contributed by atoms with Crippen LogP contribution in [-0.2, 0) is 23.7 Å². The summed E-state index contributed by atoms with van der Waals surface area (Å²) < 4.78 is 25.5. The van der Waals surface area contributed by atoms with Crippen molar-refractivity contribution in [1.29, 1.82) is 0 Å². The van der Waals surface area contributed by atoms with Crippen LogP contribution in [0.2, 0.25) is 0 Å². The number of unbranched alkanes of at least 4 members (excludes halogenated alkanes) is 2. The molecule has 32 heavy (non-hydrogen) atoms. The summed E-state index contributed by atoms with van der Waals surface area (Å²) in [5.74, 6) is -0.525. The minimum atomic E-state index is -1.02. The van der Waals surface area contributed by atoms with Crippen LogP contribution in [0.1, 0.15) is 64.7 Å². The average molecular weight is 453 g/mol. The highest BCUT2D eigenvalue weighted by Gasteiger charge is 2.58. The maximum Gasteiger partial charge on any atom is 0.330 e. The molecule has 0 aromatic carbocycles. The Hall–Kier alpha value is -2.23. The number of carbonyl (C=O) groups excluding carboxylic acids is 1. The van der Waals surface area contributed by atoms with Crippen LogP contribution in [0.4, 0.5) is 0 Å². The molecule has 0 spiro atoms. The molecule has 1 aromatic rings. The van der Waals surface area contributed by atoms with Crippen molar-refractivity contribution in [2.24, 2.45) is 0 Å². The first-order chi connectivity index (χ1) is 15.3. The van der Waals surface area contributed by atoms with Gasteiger partial charge in [-0.05, 0) is 26.2 Å². The zero-order valence-electron chi connectivity index (χ0n) is 19.6. The van der Waals surface area contributed by atoms with E-state index in [-0.39, 0.29) is 6.61 Å². The lowest BCUT2D eigenvalue weighted by Gasteiger charge is -2.34. The molecular formula is C23H36N2O7. The van der Waals surface area contributed by atoms with E-state index in [1.807, 2.05) is 6.92 Å². The number of H-pyrrole nitrogens is 1. The molecule has 180 valence electrons. The molecule has 2 heterocycles. The van der Waals surface area contributed by atoms with Crippen molar-refractivity contribution in [2.45, 2.75) is 83.8 Å². The smallest absolute Gasteiger partial charge is 0.330 e. The maximum absolute atomic E-state index is 12.6. The number of rotatable bonds is 13. The third-order valence-corrected chi connectivity index (χ3v) is 5.45. The second-order valence-corrected chi connectivity index (χ2v) is 8.17. The lowest BCUT2D eigenvalue weighted by molar-refractivity contribution is -0.158. The Bertz CT molecular complexity index is 878. The molecule has 9 nitrogen and oxygen atoms in total. The molecule has 1 saturated heterocycles. The highest BCUT2D eigenvalue weighted by atomic mass is 16.6. The molecule has 2 rings (SSSR count). The van der Waals surface area contributed by atoms with Crippen LogP contribution in [0.3, 0.4) is 0 Å². The van der Waals surface area contributed by atoms with E-state index in [1.165, 1.54) is 17.7 Å². The highest BCUT2D eigenvalue weighted by Crippen LogP contribution is 2.43. The summed E-state index contributed by atoms with van der Waals surface area (Å²) in [6.45, 7) is 12.0. The van der Waals surface area contributed by atoms with E-state index >= 15 is 0 Å². The number of aromatic amines is 1. The van der Waals surface area contributed by atoms with Crippen molar-refractivity contribution < 1.29 is 23.7 Å². The van der Waals surface area contributed by atoms with Gasteiger partial charge in [-0.2, -0.15) is 0 Å². The molecule has 1 fully saturated rings. The number of nitrogens with one attached hydrogen (secondary N) is 1. The fourth-order valence-electron chi connectivity index (χ4n) is 3.80.